The normalized spacial score (nSPS) is 12.6. The van der Waals surface area contributed by atoms with Crippen LogP contribution in [0.15, 0.2) is 42.5 Å². The number of nitrogens with zero attached hydrogens (tertiary/aromatic N) is 3. The average molecular weight is 695 g/mol. The molecule has 2 aromatic rings. The van der Waals surface area contributed by atoms with Crippen LogP contribution in [0, 0.1) is 20.2 Å². The number of carbonyl (C=O) groups excluding carboxylic acids is 2. The summed E-state index contributed by atoms with van der Waals surface area (Å²) in [5.74, 6) is -3.91. The zero-order valence-corrected chi connectivity index (χ0v) is 23.8. The van der Waals surface area contributed by atoms with Crippen molar-refractivity contribution in [1.29, 1.82) is 0 Å². The molecular formula is C23H24F6N4O12S. The Balaban J connectivity index is 0.000000711. The molecule has 0 atom stereocenters. The van der Waals surface area contributed by atoms with Gasteiger partial charge in [-0.2, -0.15) is 34.8 Å². The van der Waals surface area contributed by atoms with Gasteiger partial charge in [0, 0.05) is 45.3 Å². The van der Waals surface area contributed by atoms with E-state index in [0.29, 0.717) is 16.0 Å². The predicted molar refractivity (Wildman–Crippen MR) is 141 cm³/mol. The molecule has 2 N–H and O–H groups in total. The van der Waals surface area contributed by atoms with Gasteiger partial charge >= 0.3 is 40.7 Å². The zero-order valence-electron chi connectivity index (χ0n) is 23.0. The van der Waals surface area contributed by atoms with Crippen LogP contribution in [0.2, 0.25) is 0 Å². The minimum absolute atomic E-state index is 0. The van der Waals surface area contributed by atoms with Gasteiger partial charge in [-0.25, -0.2) is 8.98 Å². The van der Waals surface area contributed by atoms with Crippen LogP contribution < -0.4 is 5.32 Å². The first-order valence-electron chi connectivity index (χ1n) is 12.0. The highest BCUT2D eigenvalue weighted by Crippen LogP contribution is 2.27. The maximum Gasteiger partial charge on any atom is 0.523 e. The van der Waals surface area contributed by atoms with Crippen molar-refractivity contribution in [2.24, 2.45) is 0 Å². The van der Waals surface area contributed by atoms with Crippen LogP contribution in [-0.2, 0) is 47.7 Å². The lowest BCUT2D eigenvalue weighted by Crippen LogP contribution is -2.43. The molecule has 256 valence electrons. The second-order valence-electron chi connectivity index (χ2n) is 8.54. The van der Waals surface area contributed by atoms with Crippen LogP contribution >= 0.6 is 0 Å². The van der Waals surface area contributed by atoms with Gasteiger partial charge in [0.05, 0.1) is 17.0 Å². The minimum Gasteiger partial charge on any atom is -0.449 e. The van der Waals surface area contributed by atoms with Gasteiger partial charge in [0.1, 0.15) is 0 Å². The van der Waals surface area contributed by atoms with Crippen molar-refractivity contribution >= 4 is 39.7 Å². The number of fused-ring (bicyclic) bond motifs is 1. The van der Waals surface area contributed by atoms with E-state index in [4.69, 9.17) is 5.11 Å². The van der Waals surface area contributed by atoms with Gasteiger partial charge in [0.2, 0.25) is 0 Å². The molecule has 1 aliphatic rings. The number of benzene rings is 2. The number of nitro groups is 2. The Morgan fingerprint density at radius 2 is 1.50 bits per heavy atom. The van der Waals surface area contributed by atoms with Gasteiger partial charge in [-0.15, -0.1) is 0 Å². The molecule has 2 aromatic carbocycles. The number of hydrogen-bond donors (Lipinski definition) is 2. The summed E-state index contributed by atoms with van der Waals surface area (Å²) < 4.78 is 99.3. The molecule has 0 aliphatic carbocycles. The third kappa shape index (κ3) is 13.3. The van der Waals surface area contributed by atoms with Crippen LogP contribution in [0.5, 0.6) is 0 Å². The number of nitro benzene ring substituents is 2. The molecule has 16 nitrogen and oxygen atoms in total. The van der Waals surface area contributed by atoms with Crippen LogP contribution in [0.3, 0.4) is 0 Å². The van der Waals surface area contributed by atoms with Gasteiger partial charge in [-0.3, -0.25) is 34.0 Å². The van der Waals surface area contributed by atoms with E-state index in [1.807, 2.05) is 0 Å². The molecule has 0 bridgehead atoms. The van der Waals surface area contributed by atoms with E-state index in [2.05, 4.69) is 8.37 Å². The maximum atomic E-state index is 12.3. The van der Waals surface area contributed by atoms with Crippen LogP contribution in [0.1, 0.15) is 18.1 Å². The standard InChI is InChI=1S/C11H9F3N2O3.C10H9F3N2O3.C2H4O6S.H2/c12-11(13,14)10(17)15-4-3-7-1-2-9(16(18)19)5-8(7)6-15;11-10(12,13)9(16)14-6-5-7-1-3-8(4-2-7)15(17)18;1-7-9(5,6)8-2(3)4;/h1-2,5H,3-4,6H2;1-4H,5-6H2,(H,14,16);1H3,(H,3,4);1H. The van der Waals surface area contributed by atoms with Crippen molar-refractivity contribution in [3.63, 3.8) is 0 Å². The molecule has 1 aliphatic heterocycles. The van der Waals surface area contributed by atoms with Gasteiger partial charge in [-0.1, -0.05) is 18.2 Å². The lowest BCUT2D eigenvalue weighted by Gasteiger charge is -2.29. The Morgan fingerprint density at radius 1 is 0.957 bits per heavy atom. The zero-order chi connectivity index (χ0) is 35.5. The number of nitrogens with one attached hydrogen (secondary N) is 1. The van der Waals surface area contributed by atoms with Crippen molar-refractivity contribution < 1.29 is 73.9 Å². The van der Waals surface area contributed by atoms with Gasteiger partial charge in [0.15, 0.2) is 0 Å². The lowest BCUT2D eigenvalue weighted by molar-refractivity contribution is -0.385. The Morgan fingerprint density at radius 3 is 1.93 bits per heavy atom. The second kappa shape index (κ2) is 16.3. The third-order valence-corrected chi connectivity index (χ3v) is 6.18. The highest BCUT2D eigenvalue weighted by Gasteiger charge is 2.43. The molecule has 0 aromatic heterocycles. The van der Waals surface area contributed by atoms with Crippen molar-refractivity contribution in [1.82, 2.24) is 10.2 Å². The van der Waals surface area contributed by atoms with E-state index >= 15 is 0 Å². The SMILES string of the molecule is COS(=O)(=O)OC(=O)O.O=C(N1CCc2ccc([N+](=O)[O-])cc2C1)C(F)(F)F.O=C(NCCc1ccc([N+](=O)[O-])cc1)C(F)(F)F.[HH]. The van der Waals surface area contributed by atoms with Gasteiger partial charge in [0.25, 0.3) is 11.4 Å². The summed E-state index contributed by atoms with van der Waals surface area (Å²) in [5, 5.41) is 30.4. The molecule has 0 radical (unpaired) electrons. The fraction of sp³-hybridized carbons (Fsp3) is 0.348. The number of amides is 2. The van der Waals surface area contributed by atoms with Crippen molar-refractivity contribution in [2.75, 3.05) is 20.2 Å². The number of halogens is 6. The summed E-state index contributed by atoms with van der Waals surface area (Å²) in [6.45, 7) is -0.478. The van der Waals surface area contributed by atoms with Gasteiger partial charge < -0.3 is 15.3 Å². The molecule has 23 heteroatoms. The molecule has 0 fully saturated rings. The second-order valence-corrected chi connectivity index (χ2v) is 9.85. The number of non-ortho nitro benzene ring substituents is 2. The Hall–Kier alpha value is -5.06. The van der Waals surface area contributed by atoms with E-state index < -0.39 is 50.6 Å². The first kappa shape index (κ1) is 39.0. The maximum absolute atomic E-state index is 12.3. The third-order valence-electron chi connectivity index (χ3n) is 5.42. The largest absolute Gasteiger partial charge is 0.523 e. The number of alkyl halides is 6. The molecular weight excluding hydrogens is 670 g/mol. The quantitative estimate of drug-likeness (QED) is 0.241. The molecule has 0 spiro atoms. The summed E-state index contributed by atoms with van der Waals surface area (Å²) in [6, 6.07) is 9.39. The number of carboxylic acid groups (broad SMARTS) is 1. The Kier molecular flexibility index (Phi) is 13.8. The Bertz CT molecular complexity index is 1540. The van der Waals surface area contributed by atoms with E-state index in [9.17, 15) is 69.4 Å². The number of rotatable bonds is 7. The van der Waals surface area contributed by atoms with E-state index in [0.717, 1.165) is 12.7 Å². The smallest absolute Gasteiger partial charge is 0.449 e. The summed E-state index contributed by atoms with van der Waals surface area (Å²) in [5.41, 5.74) is 1.43. The fourth-order valence-electron chi connectivity index (χ4n) is 3.34. The van der Waals surface area contributed by atoms with E-state index in [1.54, 1.807) is 5.32 Å². The highest BCUT2D eigenvalue weighted by atomic mass is 32.3. The molecule has 3 rings (SSSR count). The predicted octanol–water partition coefficient (Wildman–Crippen LogP) is 3.68. The molecule has 2 amide bonds. The van der Waals surface area contributed by atoms with Crippen molar-refractivity contribution in [3.8, 4) is 0 Å². The van der Waals surface area contributed by atoms with Crippen LogP contribution in [-0.4, -0.2) is 78.8 Å². The van der Waals surface area contributed by atoms with E-state index in [-0.39, 0.29) is 45.3 Å². The summed E-state index contributed by atoms with van der Waals surface area (Å²) in [7, 11) is -3.53. The van der Waals surface area contributed by atoms with Crippen LogP contribution in [0.25, 0.3) is 0 Å². The highest BCUT2D eigenvalue weighted by molar-refractivity contribution is 7.82. The molecule has 1 heterocycles. The van der Waals surface area contributed by atoms with Crippen molar-refractivity contribution in [3.05, 3.63) is 79.4 Å². The summed E-state index contributed by atoms with van der Waals surface area (Å²) >= 11 is 0. The van der Waals surface area contributed by atoms with Gasteiger partial charge in [-0.05, 0) is 29.5 Å². The number of hydrogen-bond acceptors (Lipinski definition) is 11. The molecule has 0 saturated heterocycles. The van der Waals surface area contributed by atoms with E-state index in [1.165, 1.54) is 42.5 Å². The summed E-state index contributed by atoms with van der Waals surface area (Å²) in [4.78, 5) is 51.5. The topological polar surface area (TPSA) is 226 Å². The first-order valence-corrected chi connectivity index (χ1v) is 13.3. The number of carbonyl (C=O) groups is 3. The monoisotopic (exact) mass is 694 g/mol. The Labute approximate surface area is 255 Å². The minimum atomic E-state index is -4.92. The average Bonchev–Trinajstić information content (AvgIpc) is 2.95. The molecule has 0 saturated carbocycles. The summed E-state index contributed by atoms with van der Waals surface area (Å²) in [6.07, 6.45) is -11.3. The molecule has 0 unspecified atom stereocenters. The van der Waals surface area contributed by atoms with Crippen molar-refractivity contribution in [2.45, 2.75) is 31.7 Å². The fourth-order valence-corrected chi connectivity index (χ4v) is 3.58. The lowest BCUT2D eigenvalue weighted by atomic mass is 9.99. The first-order chi connectivity index (χ1) is 21.1. The van der Waals surface area contributed by atoms with Crippen LogP contribution in [0.4, 0.5) is 42.5 Å². The molecule has 46 heavy (non-hydrogen) atoms.